The molecule has 0 bridgehead atoms. The van der Waals surface area contributed by atoms with Gasteiger partial charge in [0.1, 0.15) is 10.6 Å². The first-order valence-electron chi connectivity index (χ1n) is 6.76. The Balaban J connectivity index is 2.45. The van der Waals surface area contributed by atoms with Crippen LogP contribution in [0.3, 0.4) is 0 Å². The number of aromatic carboxylic acids is 1. The van der Waals surface area contributed by atoms with E-state index in [0.717, 1.165) is 11.1 Å². The predicted octanol–water partition coefficient (Wildman–Crippen LogP) is 2.81. The Kier molecular flexibility index (Phi) is 4.60. The van der Waals surface area contributed by atoms with Crippen molar-refractivity contribution in [1.29, 1.82) is 0 Å². The second-order valence-corrected chi connectivity index (χ2v) is 6.73. The lowest BCUT2D eigenvalue weighted by Crippen LogP contribution is -2.15. The third-order valence-corrected chi connectivity index (χ3v) is 4.83. The third kappa shape index (κ3) is 3.62. The molecule has 6 nitrogen and oxygen atoms in total. The summed E-state index contributed by atoms with van der Waals surface area (Å²) in [6, 6.07) is 8.77. The average Bonchev–Trinajstić information content (AvgIpc) is 2.49. The van der Waals surface area contributed by atoms with Crippen LogP contribution in [-0.4, -0.2) is 26.6 Å². The molecule has 23 heavy (non-hydrogen) atoms. The number of carboxylic acid groups (broad SMARTS) is 1. The quantitative estimate of drug-likeness (QED) is 0.876. The van der Waals surface area contributed by atoms with Gasteiger partial charge < -0.3 is 9.84 Å². The summed E-state index contributed by atoms with van der Waals surface area (Å²) in [7, 11) is -2.51. The molecule has 0 atom stereocenters. The molecule has 2 aromatic carbocycles. The standard InChI is InChI=1S/C16H17NO5S/c1-10-7-14(22-3)15(8-11(10)2)23(20,21)17-13-6-4-5-12(9-13)16(18)19/h4-9,17H,1-3H3,(H,18,19). The van der Waals surface area contributed by atoms with Crippen molar-refractivity contribution < 1.29 is 23.1 Å². The highest BCUT2D eigenvalue weighted by molar-refractivity contribution is 7.92. The van der Waals surface area contributed by atoms with E-state index < -0.39 is 16.0 Å². The predicted molar refractivity (Wildman–Crippen MR) is 86.7 cm³/mol. The molecular weight excluding hydrogens is 318 g/mol. The van der Waals surface area contributed by atoms with Crippen LogP contribution in [0.4, 0.5) is 5.69 Å². The zero-order chi connectivity index (χ0) is 17.2. The fourth-order valence-corrected chi connectivity index (χ4v) is 3.34. The molecule has 2 N–H and O–H groups in total. The summed E-state index contributed by atoms with van der Waals surface area (Å²) in [6.07, 6.45) is 0. The Morgan fingerprint density at radius 3 is 2.39 bits per heavy atom. The number of aryl methyl sites for hydroxylation is 2. The smallest absolute Gasteiger partial charge is 0.335 e. The number of sulfonamides is 1. The van der Waals surface area contributed by atoms with Gasteiger partial charge in [0.25, 0.3) is 10.0 Å². The summed E-state index contributed by atoms with van der Waals surface area (Å²) >= 11 is 0. The highest BCUT2D eigenvalue weighted by atomic mass is 32.2. The molecule has 0 aliphatic carbocycles. The first kappa shape index (κ1) is 16.8. The Bertz CT molecular complexity index is 859. The maximum Gasteiger partial charge on any atom is 0.335 e. The molecular formula is C16H17NO5S. The van der Waals surface area contributed by atoms with E-state index in [1.807, 2.05) is 6.92 Å². The van der Waals surface area contributed by atoms with Crippen molar-refractivity contribution in [2.24, 2.45) is 0 Å². The number of ether oxygens (including phenoxy) is 1. The minimum Gasteiger partial charge on any atom is -0.495 e. The van der Waals surface area contributed by atoms with E-state index in [-0.39, 0.29) is 21.9 Å². The number of carboxylic acids is 1. The van der Waals surface area contributed by atoms with Crippen LogP contribution >= 0.6 is 0 Å². The first-order chi connectivity index (χ1) is 10.7. The topological polar surface area (TPSA) is 92.7 Å². The average molecular weight is 335 g/mol. The maximum absolute atomic E-state index is 12.6. The molecule has 2 aromatic rings. The van der Waals surface area contributed by atoms with Gasteiger partial charge in [0, 0.05) is 5.69 Å². The molecule has 0 spiro atoms. The van der Waals surface area contributed by atoms with Crippen molar-refractivity contribution in [2.75, 3.05) is 11.8 Å². The zero-order valence-corrected chi connectivity index (χ0v) is 13.8. The van der Waals surface area contributed by atoms with Gasteiger partial charge in [0.15, 0.2) is 0 Å². The molecule has 0 aromatic heterocycles. The molecule has 0 radical (unpaired) electrons. The molecule has 2 rings (SSSR count). The second-order valence-electron chi connectivity index (χ2n) is 5.08. The van der Waals surface area contributed by atoms with Gasteiger partial charge in [-0.1, -0.05) is 6.07 Å². The highest BCUT2D eigenvalue weighted by Crippen LogP contribution is 2.29. The fraction of sp³-hybridized carbons (Fsp3) is 0.188. The Morgan fingerprint density at radius 1 is 1.13 bits per heavy atom. The van der Waals surface area contributed by atoms with Crippen LogP contribution in [0.25, 0.3) is 0 Å². The molecule has 0 saturated carbocycles. The van der Waals surface area contributed by atoms with E-state index in [1.54, 1.807) is 13.0 Å². The van der Waals surface area contributed by atoms with Crippen molar-refractivity contribution in [3.63, 3.8) is 0 Å². The minimum atomic E-state index is -3.91. The van der Waals surface area contributed by atoms with Crippen molar-refractivity contribution in [3.05, 3.63) is 53.1 Å². The van der Waals surface area contributed by atoms with Crippen molar-refractivity contribution in [1.82, 2.24) is 0 Å². The molecule has 0 fully saturated rings. The van der Waals surface area contributed by atoms with Crippen LogP contribution in [0, 0.1) is 13.8 Å². The number of benzene rings is 2. The van der Waals surface area contributed by atoms with E-state index in [9.17, 15) is 13.2 Å². The molecule has 0 aliphatic rings. The molecule has 0 amide bonds. The number of methoxy groups -OCH3 is 1. The summed E-state index contributed by atoms with van der Waals surface area (Å²) in [5.74, 6) is -0.898. The van der Waals surface area contributed by atoms with E-state index in [4.69, 9.17) is 9.84 Å². The summed E-state index contributed by atoms with van der Waals surface area (Å²) in [4.78, 5) is 11.0. The van der Waals surface area contributed by atoms with Crippen LogP contribution < -0.4 is 9.46 Å². The molecule has 0 aliphatic heterocycles. The lowest BCUT2D eigenvalue weighted by Gasteiger charge is -2.14. The summed E-state index contributed by atoms with van der Waals surface area (Å²) in [5, 5.41) is 8.98. The van der Waals surface area contributed by atoms with Gasteiger partial charge in [-0.25, -0.2) is 13.2 Å². The molecule has 122 valence electrons. The summed E-state index contributed by atoms with van der Waals surface area (Å²) < 4.78 is 32.7. The molecule has 0 unspecified atom stereocenters. The van der Waals surface area contributed by atoms with Crippen LogP contribution in [-0.2, 0) is 10.0 Å². The Labute approximate surface area is 134 Å². The van der Waals surface area contributed by atoms with Gasteiger partial charge in [-0.2, -0.15) is 0 Å². The van der Waals surface area contributed by atoms with Gasteiger partial charge in [-0.05, 0) is 55.3 Å². The van der Waals surface area contributed by atoms with Gasteiger partial charge >= 0.3 is 5.97 Å². The lowest BCUT2D eigenvalue weighted by atomic mass is 10.1. The molecule has 0 saturated heterocycles. The van der Waals surface area contributed by atoms with Crippen molar-refractivity contribution in [3.8, 4) is 5.75 Å². The van der Waals surface area contributed by atoms with Crippen molar-refractivity contribution in [2.45, 2.75) is 18.7 Å². The Morgan fingerprint density at radius 2 is 1.78 bits per heavy atom. The maximum atomic E-state index is 12.6. The van der Waals surface area contributed by atoms with E-state index in [0.29, 0.717) is 0 Å². The SMILES string of the molecule is COc1cc(C)c(C)cc1S(=O)(=O)Nc1cccc(C(=O)O)c1. The minimum absolute atomic E-state index is 0.00254. The third-order valence-electron chi connectivity index (χ3n) is 3.43. The van der Waals surface area contributed by atoms with Crippen molar-refractivity contribution >= 4 is 21.7 Å². The number of hydrogen-bond donors (Lipinski definition) is 2. The monoisotopic (exact) mass is 335 g/mol. The van der Waals surface area contributed by atoms with Crippen LogP contribution in [0.15, 0.2) is 41.3 Å². The number of hydrogen-bond acceptors (Lipinski definition) is 4. The van der Waals surface area contributed by atoms with Crippen LogP contribution in [0.2, 0.25) is 0 Å². The van der Waals surface area contributed by atoms with Gasteiger partial charge in [0.05, 0.1) is 12.7 Å². The van der Waals surface area contributed by atoms with Gasteiger partial charge in [0.2, 0.25) is 0 Å². The van der Waals surface area contributed by atoms with E-state index in [2.05, 4.69) is 4.72 Å². The summed E-state index contributed by atoms with van der Waals surface area (Å²) in [5.41, 5.74) is 1.89. The van der Waals surface area contributed by atoms with E-state index in [1.165, 1.54) is 37.4 Å². The van der Waals surface area contributed by atoms with Gasteiger partial charge in [-0.15, -0.1) is 0 Å². The largest absolute Gasteiger partial charge is 0.495 e. The number of carbonyl (C=O) groups is 1. The number of rotatable bonds is 5. The van der Waals surface area contributed by atoms with Gasteiger partial charge in [-0.3, -0.25) is 4.72 Å². The number of nitrogens with one attached hydrogen (secondary N) is 1. The second kappa shape index (κ2) is 6.29. The number of anilines is 1. The molecule has 0 heterocycles. The summed E-state index contributed by atoms with van der Waals surface area (Å²) in [6.45, 7) is 3.66. The fourth-order valence-electron chi connectivity index (χ4n) is 2.06. The van der Waals surface area contributed by atoms with E-state index >= 15 is 0 Å². The molecule has 7 heteroatoms. The normalized spacial score (nSPS) is 11.1. The zero-order valence-electron chi connectivity index (χ0n) is 13.0. The highest BCUT2D eigenvalue weighted by Gasteiger charge is 2.21. The Hall–Kier alpha value is -2.54. The first-order valence-corrected chi connectivity index (χ1v) is 8.24. The van der Waals surface area contributed by atoms with Crippen LogP contribution in [0.5, 0.6) is 5.75 Å². The van der Waals surface area contributed by atoms with Crippen LogP contribution in [0.1, 0.15) is 21.5 Å². The lowest BCUT2D eigenvalue weighted by molar-refractivity contribution is 0.0697.